The van der Waals surface area contributed by atoms with Crippen LogP contribution in [-0.2, 0) is 22.3 Å². The third kappa shape index (κ3) is 4.30. The standard InChI is InChI=1S/C16H25NO2/c1-13(17-8-9-19-11-10-18-2)15-7-6-14-4-3-5-16(14)12-15/h6-7,12-13,17H,3-5,8-11H2,1-2H3. The fourth-order valence-electron chi connectivity index (χ4n) is 2.57. The Balaban J connectivity index is 1.72. The van der Waals surface area contributed by atoms with Gasteiger partial charge in [-0.2, -0.15) is 0 Å². The topological polar surface area (TPSA) is 30.5 Å². The molecule has 0 amide bonds. The van der Waals surface area contributed by atoms with Gasteiger partial charge in [-0.15, -0.1) is 0 Å². The van der Waals surface area contributed by atoms with Crippen LogP contribution in [0.5, 0.6) is 0 Å². The first-order valence-electron chi connectivity index (χ1n) is 7.23. The van der Waals surface area contributed by atoms with Gasteiger partial charge in [0.2, 0.25) is 0 Å². The maximum Gasteiger partial charge on any atom is 0.0700 e. The zero-order valence-electron chi connectivity index (χ0n) is 12.1. The van der Waals surface area contributed by atoms with Gasteiger partial charge in [0.05, 0.1) is 19.8 Å². The van der Waals surface area contributed by atoms with Crippen LogP contribution >= 0.6 is 0 Å². The lowest BCUT2D eigenvalue weighted by atomic mass is 10.0. The van der Waals surface area contributed by atoms with Crippen LogP contribution in [0.3, 0.4) is 0 Å². The maximum absolute atomic E-state index is 5.45. The molecule has 0 heterocycles. The normalized spacial score (nSPS) is 15.5. The Morgan fingerprint density at radius 3 is 2.84 bits per heavy atom. The van der Waals surface area contributed by atoms with E-state index in [2.05, 4.69) is 30.4 Å². The third-order valence-corrected chi connectivity index (χ3v) is 3.75. The van der Waals surface area contributed by atoms with E-state index in [-0.39, 0.29) is 0 Å². The average Bonchev–Trinajstić information content (AvgIpc) is 2.89. The van der Waals surface area contributed by atoms with Crippen molar-refractivity contribution >= 4 is 0 Å². The van der Waals surface area contributed by atoms with Gasteiger partial charge in [-0.25, -0.2) is 0 Å². The van der Waals surface area contributed by atoms with Crippen LogP contribution in [0.15, 0.2) is 18.2 Å². The van der Waals surface area contributed by atoms with Crippen LogP contribution in [-0.4, -0.2) is 33.5 Å². The SMILES string of the molecule is COCCOCCNC(C)c1ccc2c(c1)CCC2. The summed E-state index contributed by atoms with van der Waals surface area (Å²) < 4.78 is 10.4. The van der Waals surface area contributed by atoms with E-state index in [4.69, 9.17) is 9.47 Å². The van der Waals surface area contributed by atoms with Gasteiger partial charge in [-0.3, -0.25) is 0 Å². The van der Waals surface area contributed by atoms with Crippen LogP contribution in [0.25, 0.3) is 0 Å². The van der Waals surface area contributed by atoms with Crippen molar-refractivity contribution in [3.63, 3.8) is 0 Å². The predicted molar refractivity (Wildman–Crippen MR) is 77.6 cm³/mol. The summed E-state index contributed by atoms with van der Waals surface area (Å²) in [5.74, 6) is 0. The molecule has 19 heavy (non-hydrogen) atoms. The highest BCUT2D eigenvalue weighted by molar-refractivity contribution is 5.36. The van der Waals surface area contributed by atoms with Crippen LogP contribution in [0, 0.1) is 0 Å². The second-order valence-corrected chi connectivity index (χ2v) is 5.16. The molecule has 0 saturated carbocycles. The molecule has 0 bridgehead atoms. The lowest BCUT2D eigenvalue weighted by Gasteiger charge is -2.15. The molecule has 1 unspecified atom stereocenters. The van der Waals surface area contributed by atoms with Gasteiger partial charge < -0.3 is 14.8 Å². The van der Waals surface area contributed by atoms with E-state index in [9.17, 15) is 0 Å². The molecule has 0 saturated heterocycles. The molecular weight excluding hydrogens is 238 g/mol. The van der Waals surface area contributed by atoms with E-state index in [0.29, 0.717) is 19.3 Å². The van der Waals surface area contributed by atoms with E-state index < -0.39 is 0 Å². The average molecular weight is 263 g/mol. The fourth-order valence-corrected chi connectivity index (χ4v) is 2.57. The molecule has 0 aliphatic heterocycles. The minimum atomic E-state index is 0.386. The summed E-state index contributed by atoms with van der Waals surface area (Å²) in [7, 11) is 1.69. The van der Waals surface area contributed by atoms with Crippen LogP contribution in [0.4, 0.5) is 0 Å². The molecule has 1 aromatic carbocycles. The van der Waals surface area contributed by atoms with Crippen LogP contribution in [0.2, 0.25) is 0 Å². The molecule has 1 aliphatic carbocycles. The molecular formula is C16H25NO2. The first kappa shape index (κ1) is 14.5. The number of hydrogen-bond donors (Lipinski definition) is 1. The molecule has 0 fully saturated rings. The third-order valence-electron chi connectivity index (χ3n) is 3.75. The van der Waals surface area contributed by atoms with E-state index in [0.717, 1.165) is 13.2 Å². The number of ether oxygens (including phenoxy) is 2. The summed E-state index contributed by atoms with van der Waals surface area (Å²) in [6.45, 7) is 5.16. The van der Waals surface area contributed by atoms with Crippen LogP contribution in [0.1, 0.15) is 36.1 Å². The number of rotatable bonds is 8. The molecule has 106 valence electrons. The van der Waals surface area contributed by atoms with Crippen molar-refractivity contribution in [3.8, 4) is 0 Å². The van der Waals surface area contributed by atoms with Crippen molar-refractivity contribution in [3.05, 3.63) is 34.9 Å². The Morgan fingerprint density at radius 1 is 1.16 bits per heavy atom. The van der Waals surface area contributed by atoms with Gasteiger partial charge in [0.15, 0.2) is 0 Å². The molecule has 2 rings (SSSR count). The summed E-state index contributed by atoms with van der Waals surface area (Å²) in [5.41, 5.74) is 4.47. The molecule has 0 radical (unpaired) electrons. The van der Waals surface area contributed by atoms with Crippen molar-refractivity contribution in [2.24, 2.45) is 0 Å². The van der Waals surface area contributed by atoms with Crippen molar-refractivity contribution in [1.82, 2.24) is 5.32 Å². The first-order valence-corrected chi connectivity index (χ1v) is 7.23. The smallest absolute Gasteiger partial charge is 0.0700 e. The highest BCUT2D eigenvalue weighted by atomic mass is 16.5. The minimum absolute atomic E-state index is 0.386. The summed E-state index contributed by atoms with van der Waals surface area (Å²) in [5, 5.41) is 3.50. The molecule has 3 nitrogen and oxygen atoms in total. The summed E-state index contributed by atoms with van der Waals surface area (Å²) in [4.78, 5) is 0. The fraction of sp³-hybridized carbons (Fsp3) is 0.625. The molecule has 0 aromatic heterocycles. The Hall–Kier alpha value is -0.900. The number of fused-ring (bicyclic) bond motifs is 1. The Morgan fingerprint density at radius 2 is 2.00 bits per heavy atom. The Labute approximate surface area is 116 Å². The lowest BCUT2D eigenvalue weighted by Crippen LogP contribution is -2.24. The summed E-state index contributed by atoms with van der Waals surface area (Å²) in [6.07, 6.45) is 3.81. The van der Waals surface area contributed by atoms with E-state index >= 15 is 0 Å². The van der Waals surface area contributed by atoms with Gasteiger partial charge in [-0.05, 0) is 42.9 Å². The number of aryl methyl sites for hydroxylation is 2. The van der Waals surface area contributed by atoms with E-state index in [1.165, 1.54) is 24.8 Å². The molecule has 1 atom stereocenters. The van der Waals surface area contributed by atoms with Gasteiger partial charge in [0.1, 0.15) is 0 Å². The lowest BCUT2D eigenvalue weighted by molar-refractivity contribution is 0.0712. The molecule has 1 N–H and O–H groups in total. The van der Waals surface area contributed by atoms with Crippen molar-refractivity contribution in [1.29, 1.82) is 0 Å². The molecule has 3 heteroatoms. The molecule has 1 aromatic rings. The van der Waals surface area contributed by atoms with E-state index in [1.807, 2.05) is 0 Å². The number of benzene rings is 1. The number of nitrogens with one attached hydrogen (secondary N) is 1. The van der Waals surface area contributed by atoms with Crippen molar-refractivity contribution in [2.75, 3.05) is 33.5 Å². The van der Waals surface area contributed by atoms with Gasteiger partial charge in [-0.1, -0.05) is 18.2 Å². The van der Waals surface area contributed by atoms with Gasteiger partial charge >= 0.3 is 0 Å². The van der Waals surface area contributed by atoms with Crippen molar-refractivity contribution in [2.45, 2.75) is 32.2 Å². The second-order valence-electron chi connectivity index (χ2n) is 5.16. The predicted octanol–water partition coefficient (Wildman–Crippen LogP) is 2.49. The second kappa shape index (κ2) is 7.63. The minimum Gasteiger partial charge on any atom is -0.382 e. The highest BCUT2D eigenvalue weighted by Gasteiger charge is 2.12. The monoisotopic (exact) mass is 263 g/mol. The zero-order chi connectivity index (χ0) is 13.5. The summed E-state index contributed by atoms with van der Waals surface area (Å²) >= 11 is 0. The number of methoxy groups -OCH3 is 1. The first-order chi connectivity index (χ1) is 9.31. The van der Waals surface area contributed by atoms with Crippen LogP contribution < -0.4 is 5.32 Å². The van der Waals surface area contributed by atoms with E-state index in [1.54, 1.807) is 18.2 Å². The quantitative estimate of drug-likeness (QED) is 0.731. The Bertz CT molecular complexity index is 392. The Kier molecular flexibility index (Phi) is 5.83. The maximum atomic E-state index is 5.45. The van der Waals surface area contributed by atoms with Gasteiger partial charge in [0.25, 0.3) is 0 Å². The molecule has 1 aliphatic rings. The number of hydrogen-bond acceptors (Lipinski definition) is 3. The van der Waals surface area contributed by atoms with Gasteiger partial charge in [0, 0.05) is 19.7 Å². The highest BCUT2D eigenvalue weighted by Crippen LogP contribution is 2.25. The molecule has 0 spiro atoms. The largest absolute Gasteiger partial charge is 0.382 e. The summed E-state index contributed by atoms with van der Waals surface area (Å²) in [6, 6.07) is 7.31. The zero-order valence-corrected chi connectivity index (χ0v) is 12.1. The van der Waals surface area contributed by atoms with Crippen molar-refractivity contribution < 1.29 is 9.47 Å².